The third-order valence-electron chi connectivity index (χ3n) is 5.15. The summed E-state index contributed by atoms with van der Waals surface area (Å²) in [5, 5.41) is 16.3. The van der Waals surface area contributed by atoms with Gasteiger partial charge in [-0.15, -0.1) is 21.5 Å². The zero-order valence-electron chi connectivity index (χ0n) is 17.5. The molecule has 33 heavy (non-hydrogen) atoms. The zero-order valence-corrected chi connectivity index (χ0v) is 19.9. The van der Waals surface area contributed by atoms with Crippen molar-refractivity contribution in [1.82, 2.24) is 25.1 Å². The van der Waals surface area contributed by atoms with Crippen LogP contribution in [0.5, 0.6) is 0 Å². The number of rotatable bonds is 8. The van der Waals surface area contributed by atoms with Crippen molar-refractivity contribution in [2.24, 2.45) is 0 Å². The van der Waals surface area contributed by atoms with Crippen LogP contribution in [0.3, 0.4) is 0 Å². The number of amides is 1. The third-order valence-corrected chi connectivity index (χ3v) is 7.27. The van der Waals surface area contributed by atoms with Crippen molar-refractivity contribution in [1.29, 1.82) is 0 Å². The number of fused-ring (bicyclic) bond motifs is 1. The van der Waals surface area contributed by atoms with E-state index in [0.717, 1.165) is 28.6 Å². The Morgan fingerprint density at radius 2 is 1.94 bits per heavy atom. The molecule has 5 aromatic rings. The highest BCUT2D eigenvalue weighted by Crippen LogP contribution is 2.32. The van der Waals surface area contributed by atoms with Crippen LogP contribution in [0.1, 0.15) is 4.88 Å². The number of aromatic amines is 1. The second-order valence-corrected chi connectivity index (χ2v) is 9.75. The molecule has 0 unspecified atom stereocenters. The Morgan fingerprint density at radius 3 is 2.76 bits per heavy atom. The SMILES string of the molecule is O=C(CSc1nnc(-c2c[nH]c3ccccc23)n1-c1ccc(Cl)cc1)NCCc1cccs1. The number of para-hydroxylation sites is 1. The number of carbonyl (C=O) groups excluding carboxylic acids is 1. The normalized spacial score (nSPS) is 11.2. The molecule has 9 heteroatoms. The highest BCUT2D eigenvalue weighted by molar-refractivity contribution is 7.99. The van der Waals surface area contributed by atoms with Gasteiger partial charge in [-0.1, -0.05) is 47.6 Å². The van der Waals surface area contributed by atoms with Gasteiger partial charge in [-0.05, 0) is 48.2 Å². The maximum absolute atomic E-state index is 12.4. The van der Waals surface area contributed by atoms with Crippen molar-refractivity contribution in [2.75, 3.05) is 12.3 Å². The summed E-state index contributed by atoms with van der Waals surface area (Å²) in [5.41, 5.74) is 2.85. The van der Waals surface area contributed by atoms with Gasteiger partial charge in [0.15, 0.2) is 11.0 Å². The first-order chi connectivity index (χ1) is 16.2. The first-order valence-corrected chi connectivity index (χ1v) is 12.6. The van der Waals surface area contributed by atoms with E-state index in [9.17, 15) is 4.79 Å². The standard InChI is InChI=1S/C24H20ClN5OS2/c25-16-7-9-17(10-8-16)30-23(20-14-27-21-6-2-1-5-19(20)21)28-29-24(30)33-15-22(31)26-12-11-18-4-3-13-32-18/h1-10,13-14,27H,11-12,15H2,(H,26,31). The highest BCUT2D eigenvalue weighted by Gasteiger charge is 2.19. The fourth-order valence-corrected chi connectivity index (χ4v) is 5.20. The van der Waals surface area contributed by atoms with Gasteiger partial charge in [-0.3, -0.25) is 9.36 Å². The second-order valence-electron chi connectivity index (χ2n) is 7.33. The Balaban J connectivity index is 1.39. The summed E-state index contributed by atoms with van der Waals surface area (Å²) in [5.74, 6) is 0.926. The molecule has 0 aliphatic carbocycles. The molecule has 2 aromatic carbocycles. The quantitative estimate of drug-likeness (QED) is 0.277. The number of carbonyl (C=O) groups is 1. The van der Waals surface area contributed by atoms with Gasteiger partial charge >= 0.3 is 0 Å². The lowest BCUT2D eigenvalue weighted by atomic mass is 10.1. The molecule has 6 nitrogen and oxygen atoms in total. The minimum atomic E-state index is -0.0316. The van der Waals surface area contributed by atoms with Crippen molar-refractivity contribution in [3.05, 3.63) is 82.1 Å². The Kier molecular flexibility index (Phi) is 6.48. The van der Waals surface area contributed by atoms with Crippen LogP contribution >= 0.6 is 34.7 Å². The van der Waals surface area contributed by atoms with Crippen molar-refractivity contribution >= 4 is 51.5 Å². The molecule has 0 saturated carbocycles. The van der Waals surface area contributed by atoms with Gasteiger partial charge in [0, 0.05) is 44.8 Å². The number of benzene rings is 2. The van der Waals surface area contributed by atoms with E-state index in [0.29, 0.717) is 22.5 Å². The molecule has 1 amide bonds. The van der Waals surface area contributed by atoms with Crippen LogP contribution in [-0.2, 0) is 11.2 Å². The van der Waals surface area contributed by atoms with Crippen molar-refractivity contribution in [3.63, 3.8) is 0 Å². The van der Waals surface area contributed by atoms with E-state index in [-0.39, 0.29) is 11.7 Å². The van der Waals surface area contributed by atoms with E-state index < -0.39 is 0 Å². The van der Waals surface area contributed by atoms with Gasteiger partial charge in [0.2, 0.25) is 5.91 Å². The predicted molar refractivity (Wildman–Crippen MR) is 135 cm³/mol. The lowest BCUT2D eigenvalue weighted by Crippen LogP contribution is -2.27. The molecular weight excluding hydrogens is 474 g/mol. The number of nitrogens with one attached hydrogen (secondary N) is 2. The Labute approximate surface area is 204 Å². The largest absolute Gasteiger partial charge is 0.360 e. The average Bonchev–Trinajstić information content (AvgIpc) is 3.58. The summed E-state index contributed by atoms with van der Waals surface area (Å²) in [7, 11) is 0. The maximum Gasteiger partial charge on any atom is 0.230 e. The Hall–Kier alpha value is -3.07. The first-order valence-electron chi connectivity index (χ1n) is 10.4. The van der Waals surface area contributed by atoms with Gasteiger partial charge in [0.25, 0.3) is 0 Å². The molecule has 0 spiro atoms. The van der Waals surface area contributed by atoms with Gasteiger partial charge in [0.1, 0.15) is 0 Å². The molecule has 0 atom stereocenters. The number of hydrogen-bond donors (Lipinski definition) is 2. The van der Waals surface area contributed by atoms with Gasteiger partial charge in [0.05, 0.1) is 5.75 Å². The number of aromatic nitrogens is 4. The summed E-state index contributed by atoms with van der Waals surface area (Å²) in [6.45, 7) is 0.615. The lowest BCUT2D eigenvalue weighted by molar-refractivity contribution is -0.118. The molecule has 0 saturated heterocycles. The summed E-state index contributed by atoms with van der Waals surface area (Å²) in [6, 6.07) is 19.7. The van der Waals surface area contributed by atoms with Crippen LogP contribution in [0.25, 0.3) is 28.0 Å². The minimum Gasteiger partial charge on any atom is -0.360 e. The highest BCUT2D eigenvalue weighted by atomic mass is 35.5. The van der Waals surface area contributed by atoms with Crippen molar-refractivity contribution in [3.8, 4) is 17.1 Å². The summed E-state index contributed by atoms with van der Waals surface area (Å²) < 4.78 is 1.97. The second kappa shape index (κ2) is 9.82. The number of nitrogens with zero attached hydrogens (tertiary/aromatic N) is 3. The molecule has 5 rings (SSSR count). The molecule has 0 fully saturated rings. The number of hydrogen-bond acceptors (Lipinski definition) is 5. The van der Waals surface area contributed by atoms with E-state index in [1.807, 2.05) is 64.7 Å². The molecule has 2 N–H and O–H groups in total. The molecule has 3 heterocycles. The van der Waals surface area contributed by atoms with Crippen LogP contribution in [0.4, 0.5) is 0 Å². The molecule has 0 radical (unpaired) electrons. The maximum atomic E-state index is 12.4. The Bertz CT molecular complexity index is 1380. The number of H-pyrrole nitrogens is 1. The van der Waals surface area contributed by atoms with E-state index in [1.54, 1.807) is 11.3 Å². The van der Waals surface area contributed by atoms with Crippen molar-refractivity contribution < 1.29 is 4.79 Å². The predicted octanol–water partition coefficient (Wildman–Crippen LogP) is 5.58. The smallest absolute Gasteiger partial charge is 0.230 e. The molecule has 166 valence electrons. The number of thiophene rings is 1. The van der Waals surface area contributed by atoms with Crippen molar-refractivity contribution in [2.45, 2.75) is 11.6 Å². The fourth-order valence-electron chi connectivity index (χ4n) is 3.58. The monoisotopic (exact) mass is 493 g/mol. The van der Waals surface area contributed by atoms with Crippen LogP contribution in [0, 0.1) is 0 Å². The summed E-state index contributed by atoms with van der Waals surface area (Å²) in [4.78, 5) is 17.0. The van der Waals surface area contributed by atoms with E-state index in [2.05, 4.69) is 32.6 Å². The van der Waals surface area contributed by atoms with Crippen LogP contribution in [0.15, 0.2) is 77.4 Å². The molecule has 0 bridgehead atoms. The Morgan fingerprint density at radius 1 is 1.09 bits per heavy atom. The molecule has 0 aliphatic heterocycles. The van der Waals surface area contributed by atoms with Crippen LogP contribution in [-0.4, -0.2) is 38.0 Å². The molecule has 0 aliphatic rings. The first kappa shape index (κ1) is 21.8. The summed E-state index contributed by atoms with van der Waals surface area (Å²) in [6.07, 6.45) is 2.77. The van der Waals surface area contributed by atoms with E-state index in [4.69, 9.17) is 11.6 Å². The zero-order chi connectivity index (χ0) is 22.6. The molecule has 3 aromatic heterocycles. The van der Waals surface area contributed by atoms with E-state index >= 15 is 0 Å². The lowest BCUT2D eigenvalue weighted by Gasteiger charge is -2.10. The minimum absolute atomic E-state index is 0.0316. The van der Waals surface area contributed by atoms with Gasteiger partial charge < -0.3 is 10.3 Å². The van der Waals surface area contributed by atoms with Crippen LogP contribution in [0.2, 0.25) is 5.02 Å². The molecular formula is C24H20ClN5OS2. The number of thioether (sulfide) groups is 1. The van der Waals surface area contributed by atoms with Gasteiger partial charge in [-0.25, -0.2) is 0 Å². The number of halogens is 1. The summed E-state index contributed by atoms with van der Waals surface area (Å²) >= 11 is 9.18. The third kappa shape index (κ3) is 4.83. The average molecular weight is 494 g/mol. The van der Waals surface area contributed by atoms with Gasteiger partial charge in [-0.2, -0.15) is 0 Å². The van der Waals surface area contributed by atoms with Crippen LogP contribution < -0.4 is 5.32 Å². The van der Waals surface area contributed by atoms with E-state index in [1.165, 1.54) is 16.6 Å². The fraction of sp³-hybridized carbons (Fsp3) is 0.125. The topological polar surface area (TPSA) is 75.6 Å².